The number of carbonyl (C=O) groups is 2. The van der Waals surface area contributed by atoms with Crippen molar-refractivity contribution in [1.82, 2.24) is 4.98 Å². The van der Waals surface area contributed by atoms with E-state index >= 15 is 0 Å². The molecule has 0 spiro atoms. The van der Waals surface area contributed by atoms with E-state index in [4.69, 9.17) is 14.6 Å². The second-order valence-corrected chi connectivity index (χ2v) is 6.48. The topological polar surface area (TPSA) is 110 Å². The van der Waals surface area contributed by atoms with Crippen LogP contribution in [0, 0.1) is 12.7 Å². The molecule has 9 heteroatoms. The zero-order valence-electron chi connectivity index (χ0n) is 16.8. The number of pyridine rings is 1. The van der Waals surface area contributed by atoms with Gasteiger partial charge < -0.3 is 25.2 Å². The van der Waals surface area contributed by atoms with E-state index in [1.54, 1.807) is 38.2 Å². The molecule has 1 amide bonds. The third-order valence-electron chi connectivity index (χ3n) is 4.20. The Morgan fingerprint density at radius 1 is 1.10 bits per heavy atom. The number of aromatic nitrogens is 1. The van der Waals surface area contributed by atoms with Crippen molar-refractivity contribution in [3.05, 3.63) is 71.5 Å². The summed E-state index contributed by atoms with van der Waals surface area (Å²) in [7, 11) is 1.63. The molecule has 0 saturated heterocycles. The maximum Gasteiger partial charge on any atom is 0.335 e. The highest BCUT2D eigenvalue weighted by Crippen LogP contribution is 2.27. The van der Waals surface area contributed by atoms with Crippen molar-refractivity contribution >= 4 is 23.4 Å². The van der Waals surface area contributed by atoms with Gasteiger partial charge in [-0.25, -0.2) is 9.18 Å². The smallest absolute Gasteiger partial charge is 0.335 e. The number of nitrogens with zero attached hydrogens (tertiary/aromatic N) is 1. The number of aromatic carboxylic acids is 1. The molecule has 0 aliphatic heterocycles. The fourth-order valence-electron chi connectivity index (χ4n) is 2.60. The molecule has 0 fully saturated rings. The zero-order valence-corrected chi connectivity index (χ0v) is 16.8. The molecule has 1 aromatic heterocycles. The minimum Gasteiger partial charge on any atom is -0.484 e. The van der Waals surface area contributed by atoms with E-state index < -0.39 is 11.9 Å². The van der Waals surface area contributed by atoms with Crippen LogP contribution in [0.15, 0.2) is 54.6 Å². The Labute approximate surface area is 177 Å². The average Bonchev–Trinajstić information content (AvgIpc) is 2.76. The molecule has 0 bridgehead atoms. The Balaban J connectivity index is 1.64. The fraction of sp³-hybridized carbons (Fsp3) is 0.136. The van der Waals surface area contributed by atoms with Crippen LogP contribution < -0.4 is 20.1 Å². The predicted octanol–water partition coefficient (Wildman–Crippen LogP) is 4.08. The third kappa shape index (κ3) is 5.69. The molecule has 160 valence electrons. The maximum atomic E-state index is 13.7. The number of amides is 1. The summed E-state index contributed by atoms with van der Waals surface area (Å²) in [4.78, 5) is 27.5. The van der Waals surface area contributed by atoms with Crippen molar-refractivity contribution < 1.29 is 28.6 Å². The van der Waals surface area contributed by atoms with Crippen molar-refractivity contribution in [2.45, 2.75) is 6.92 Å². The summed E-state index contributed by atoms with van der Waals surface area (Å²) in [6.07, 6.45) is 0. The van der Waals surface area contributed by atoms with E-state index in [0.29, 0.717) is 22.8 Å². The van der Waals surface area contributed by atoms with Crippen molar-refractivity contribution in [2.75, 3.05) is 24.3 Å². The van der Waals surface area contributed by atoms with Crippen LogP contribution in [0.1, 0.15) is 15.9 Å². The normalized spacial score (nSPS) is 10.3. The third-order valence-corrected chi connectivity index (χ3v) is 4.20. The monoisotopic (exact) mass is 425 g/mol. The van der Waals surface area contributed by atoms with Crippen LogP contribution in [-0.4, -0.2) is 35.6 Å². The van der Waals surface area contributed by atoms with Crippen molar-refractivity contribution in [1.29, 1.82) is 0 Å². The molecule has 0 unspecified atom stereocenters. The number of anilines is 2. The molecule has 3 N–H and O–H groups in total. The van der Waals surface area contributed by atoms with Crippen LogP contribution in [0.5, 0.6) is 17.4 Å². The Morgan fingerprint density at radius 2 is 1.90 bits per heavy atom. The molecule has 0 aliphatic carbocycles. The summed E-state index contributed by atoms with van der Waals surface area (Å²) in [5, 5.41) is 14.5. The van der Waals surface area contributed by atoms with Gasteiger partial charge in [-0.3, -0.25) is 4.79 Å². The molecule has 0 atom stereocenters. The first kappa shape index (κ1) is 21.6. The molecule has 1 heterocycles. The van der Waals surface area contributed by atoms with E-state index in [2.05, 4.69) is 15.6 Å². The Bertz CT molecular complexity index is 1120. The standard InChI is InChI=1S/C22H20FN3O5/c1-13-6-7-16(11-17(13)23)31-20-9-8-18(21(24-2)26-20)25-19(27)12-30-15-5-3-4-14(10-15)22(28)29/h3-11H,12H2,1-2H3,(H,24,26)(H,25,27)(H,28,29). The molecule has 0 radical (unpaired) electrons. The molecule has 0 saturated carbocycles. The van der Waals surface area contributed by atoms with Gasteiger partial charge in [-0.15, -0.1) is 0 Å². The lowest BCUT2D eigenvalue weighted by Gasteiger charge is -2.13. The van der Waals surface area contributed by atoms with Gasteiger partial charge in [0.2, 0.25) is 5.88 Å². The number of rotatable bonds is 8. The number of halogens is 1. The molecule has 3 rings (SSSR count). The van der Waals surface area contributed by atoms with Crippen molar-refractivity contribution in [3.63, 3.8) is 0 Å². The number of ether oxygens (including phenoxy) is 2. The number of hydrogen-bond donors (Lipinski definition) is 3. The molecule has 8 nitrogen and oxygen atoms in total. The molecule has 3 aromatic rings. The first-order chi connectivity index (χ1) is 14.9. The predicted molar refractivity (Wildman–Crippen MR) is 113 cm³/mol. The quantitative estimate of drug-likeness (QED) is 0.499. The number of nitrogens with one attached hydrogen (secondary N) is 2. The first-order valence-electron chi connectivity index (χ1n) is 9.24. The van der Waals surface area contributed by atoms with E-state index in [1.807, 2.05) is 0 Å². The second-order valence-electron chi connectivity index (χ2n) is 6.48. The Kier molecular flexibility index (Phi) is 6.66. The summed E-state index contributed by atoms with van der Waals surface area (Å²) >= 11 is 0. The average molecular weight is 425 g/mol. The van der Waals surface area contributed by atoms with Gasteiger partial charge in [0.05, 0.1) is 11.3 Å². The van der Waals surface area contributed by atoms with Gasteiger partial charge in [-0.05, 0) is 42.8 Å². The van der Waals surface area contributed by atoms with Crippen LogP contribution in [0.3, 0.4) is 0 Å². The van der Waals surface area contributed by atoms with Crippen LogP contribution in [0.25, 0.3) is 0 Å². The number of carbonyl (C=O) groups excluding carboxylic acids is 1. The number of carboxylic acid groups (broad SMARTS) is 1. The summed E-state index contributed by atoms with van der Waals surface area (Å²) in [6, 6.07) is 13.5. The lowest BCUT2D eigenvalue weighted by molar-refractivity contribution is -0.118. The number of hydrogen-bond acceptors (Lipinski definition) is 6. The van der Waals surface area contributed by atoms with Crippen LogP contribution >= 0.6 is 0 Å². The molecule has 2 aromatic carbocycles. The second kappa shape index (κ2) is 9.57. The van der Waals surface area contributed by atoms with Gasteiger partial charge in [0.1, 0.15) is 17.3 Å². The number of benzene rings is 2. The summed E-state index contributed by atoms with van der Waals surface area (Å²) in [6.45, 7) is 1.33. The Hall–Kier alpha value is -4.14. The largest absolute Gasteiger partial charge is 0.484 e. The highest BCUT2D eigenvalue weighted by atomic mass is 19.1. The number of carboxylic acids is 1. The molecular weight excluding hydrogens is 405 g/mol. The van der Waals surface area contributed by atoms with E-state index in [1.165, 1.54) is 30.3 Å². The number of aryl methyl sites for hydroxylation is 1. The molecular formula is C22H20FN3O5. The minimum absolute atomic E-state index is 0.0589. The summed E-state index contributed by atoms with van der Waals surface area (Å²) < 4.78 is 24.6. The highest BCUT2D eigenvalue weighted by molar-refractivity contribution is 5.94. The lowest BCUT2D eigenvalue weighted by atomic mass is 10.2. The van der Waals surface area contributed by atoms with E-state index in [-0.39, 0.29) is 29.6 Å². The van der Waals surface area contributed by atoms with Crippen LogP contribution in [-0.2, 0) is 4.79 Å². The summed E-state index contributed by atoms with van der Waals surface area (Å²) in [5.74, 6) is -0.825. The Morgan fingerprint density at radius 3 is 2.61 bits per heavy atom. The van der Waals surface area contributed by atoms with Gasteiger partial charge in [0, 0.05) is 19.2 Å². The van der Waals surface area contributed by atoms with Gasteiger partial charge in [0.25, 0.3) is 5.91 Å². The van der Waals surface area contributed by atoms with Crippen molar-refractivity contribution in [3.8, 4) is 17.4 Å². The SMILES string of the molecule is CNc1nc(Oc2ccc(C)c(F)c2)ccc1NC(=O)COc1cccc(C(=O)O)c1. The highest BCUT2D eigenvalue weighted by Gasteiger charge is 2.12. The molecule has 31 heavy (non-hydrogen) atoms. The van der Waals surface area contributed by atoms with Gasteiger partial charge in [-0.2, -0.15) is 4.98 Å². The summed E-state index contributed by atoms with van der Waals surface area (Å²) in [5.41, 5.74) is 0.952. The van der Waals surface area contributed by atoms with Gasteiger partial charge in [0.15, 0.2) is 12.4 Å². The minimum atomic E-state index is -1.09. The molecule has 0 aliphatic rings. The van der Waals surface area contributed by atoms with E-state index in [0.717, 1.165) is 0 Å². The zero-order chi connectivity index (χ0) is 22.4. The van der Waals surface area contributed by atoms with Gasteiger partial charge in [-0.1, -0.05) is 12.1 Å². The van der Waals surface area contributed by atoms with Gasteiger partial charge >= 0.3 is 5.97 Å². The fourth-order valence-corrected chi connectivity index (χ4v) is 2.60. The van der Waals surface area contributed by atoms with Crippen molar-refractivity contribution in [2.24, 2.45) is 0 Å². The van der Waals surface area contributed by atoms with Crippen LogP contribution in [0.2, 0.25) is 0 Å². The lowest BCUT2D eigenvalue weighted by Crippen LogP contribution is -2.21. The maximum absolute atomic E-state index is 13.7. The first-order valence-corrected chi connectivity index (χ1v) is 9.24. The van der Waals surface area contributed by atoms with Crippen LogP contribution in [0.4, 0.5) is 15.9 Å². The van der Waals surface area contributed by atoms with E-state index in [9.17, 15) is 14.0 Å².